The first-order valence-corrected chi connectivity index (χ1v) is 8.05. The number of nitrogens with one attached hydrogen (secondary N) is 1. The number of aromatic nitrogens is 5. The van der Waals surface area contributed by atoms with E-state index >= 15 is 0 Å². The lowest BCUT2D eigenvalue weighted by molar-refractivity contribution is 0.706. The van der Waals surface area contributed by atoms with Gasteiger partial charge in [0.25, 0.3) is 5.56 Å². The summed E-state index contributed by atoms with van der Waals surface area (Å²) in [7, 11) is 1.82. The van der Waals surface area contributed by atoms with Crippen LogP contribution in [0.2, 0.25) is 0 Å². The van der Waals surface area contributed by atoms with E-state index in [2.05, 4.69) is 15.2 Å². The van der Waals surface area contributed by atoms with Gasteiger partial charge in [0.2, 0.25) is 5.43 Å². The Labute approximate surface area is 142 Å². The number of nitrogens with zero attached hydrogens (tertiary/aromatic N) is 4. The first-order valence-electron chi connectivity index (χ1n) is 8.05. The molecule has 25 heavy (non-hydrogen) atoms. The van der Waals surface area contributed by atoms with E-state index in [1.54, 1.807) is 29.0 Å². The summed E-state index contributed by atoms with van der Waals surface area (Å²) in [5.41, 5.74) is 0.441. The summed E-state index contributed by atoms with van der Waals surface area (Å²) in [5, 5.41) is 7.38. The molecule has 0 fully saturated rings. The molecular formula is C18H17N5O2. The molecule has 0 amide bonds. The predicted octanol–water partition coefficient (Wildman–Crippen LogP) is 2.08. The summed E-state index contributed by atoms with van der Waals surface area (Å²) in [6.45, 7) is 3.91. The van der Waals surface area contributed by atoms with Gasteiger partial charge in [-0.25, -0.2) is 9.55 Å². The van der Waals surface area contributed by atoms with Crippen molar-refractivity contribution in [3.63, 3.8) is 0 Å². The molecule has 1 aromatic carbocycles. The van der Waals surface area contributed by atoms with Gasteiger partial charge in [-0.2, -0.15) is 5.10 Å². The van der Waals surface area contributed by atoms with Gasteiger partial charge in [-0.05, 0) is 12.1 Å². The van der Waals surface area contributed by atoms with Crippen LogP contribution in [0.5, 0.6) is 0 Å². The van der Waals surface area contributed by atoms with E-state index in [-0.39, 0.29) is 16.7 Å². The van der Waals surface area contributed by atoms with Crippen molar-refractivity contribution in [2.45, 2.75) is 19.8 Å². The molecule has 0 aliphatic heterocycles. The Hall–Kier alpha value is -3.22. The first-order chi connectivity index (χ1) is 12.0. The molecule has 7 nitrogen and oxygen atoms in total. The fourth-order valence-electron chi connectivity index (χ4n) is 3.16. The Bertz CT molecular complexity index is 1220. The Morgan fingerprint density at radius 2 is 1.88 bits per heavy atom. The normalized spacial score (nSPS) is 11.7. The average molecular weight is 335 g/mol. The maximum absolute atomic E-state index is 13.2. The molecule has 0 unspecified atom stereocenters. The van der Waals surface area contributed by atoms with E-state index in [4.69, 9.17) is 0 Å². The number of fused-ring (bicyclic) bond motifs is 2. The molecule has 0 bridgehead atoms. The highest BCUT2D eigenvalue weighted by molar-refractivity contribution is 5.91. The highest BCUT2D eigenvalue weighted by Gasteiger charge is 2.21. The van der Waals surface area contributed by atoms with E-state index in [0.29, 0.717) is 22.7 Å². The molecule has 126 valence electrons. The molecule has 3 heterocycles. The van der Waals surface area contributed by atoms with Gasteiger partial charge >= 0.3 is 0 Å². The van der Waals surface area contributed by atoms with Crippen LogP contribution >= 0.6 is 0 Å². The Morgan fingerprint density at radius 3 is 2.56 bits per heavy atom. The minimum absolute atomic E-state index is 0.0182. The number of hydrogen-bond acceptors (Lipinski definition) is 4. The zero-order valence-electron chi connectivity index (χ0n) is 14.1. The quantitative estimate of drug-likeness (QED) is 0.568. The lowest BCUT2D eigenvalue weighted by Gasteiger charge is -2.16. The molecule has 4 rings (SSSR count). The number of aromatic amines is 1. The monoisotopic (exact) mass is 335 g/mol. The van der Waals surface area contributed by atoms with Crippen molar-refractivity contribution < 1.29 is 0 Å². The smallest absolute Gasteiger partial charge is 0.272 e. The zero-order valence-corrected chi connectivity index (χ0v) is 14.1. The highest BCUT2D eigenvalue weighted by atomic mass is 16.1. The predicted molar refractivity (Wildman–Crippen MR) is 96.3 cm³/mol. The van der Waals surface area contributed by atoms with Gasteiger partial charge in [-0.3, -0.25) is 14.7 Å². The van der Waals surface area contributed by atoms with Gasteiger partial charge in [0.05, 0.1) is 5.52 Å². The van der Waals surface area contributed by atoms with E-state index < -0.39 is 5.56 Å². The van der Waals surface area contributed by atoms with Crippen molar-refractivity contribution in [3.05, 3.63) is 62.9 Å². The maximum Gasteiger partial charge on any atom is 0.272 e. The third-order valence-corrected chi connectivity index (χ3v) is 4.38. The average Bonchev–Trinajstić information content (AvgIpc) is 3.13. The molecule has 0 atom stereocenters. The third kappa shape index (κ3) is 2.12. The molecule has 4 aromatic rings. The molecule has 0 saturated heterocycles. The maximum atomic E-state index is 13.2. The van der Waals surface area contributed by atoms with Crippen molar-refractivity contribution >= 4 is 21.9 Å². The first kappa shape index (κ1) is 15.3. The summed E-state index contributed by atoms with van der Waals surface area (Å²) < 4.78 is 3.22. The molecule has 7 heteroatoms. The summed E-state index contributed by atoms with van der Waals surface area (Å²) in [5.74, 6) is 0.976. The SMILES string of the molecule is CC(C)c1nc2c(c(=O)c3ccccc3n2C)c(=O)n1-c1cc[nH]n1. The third-order valence-electron chi connectivity index (χ3n) is 4.38. The lowest BCUT2D eigenvalue weighted by Crippen LogP contribution is -2.30. The van der Waals surface area contributed by atoms with Gasteiger partial charge < -0.3 is 4.57 Å². The van der Waals surface area contributed by atoms with Gasteiger partial charge in [-0.15, -0.1) is 0 Å². The fourth-order valence-corrected chi connectivity index (χ4v) is 3.16. The minimum Gasteiger partial charge on any atom is -0.328 e. The summed E-state index contributed by atoms with van der Waals surface area (Å²) >= 11 is 0. The standard InChI is InChI=1S/C18H17N5O2/c1-10(2)16-20-17-14(18(25)23(16)13-8-9-19-21-13)15(24)11-6-4-5-7-12(11)22(17)3/h4-10H,1-3H3,(H,19,21). The van der Waals surface area contributed by atoms with Crippen LogP contribution < -0.4 is 11.0 Å². The number of hydrogen-bond donors (Lipinski definition) is 1. The van der Waals surface area contributed by atoms with Gasteiger partial charge in [0.1, 0.15) is 11.2 Å². The Balaban J connectivity index is 2.29. The van der Waals surface area contributed by atoms with Gasteiger partial charge in [0, 0.05) is 30.6 Å². The van der Waals surface area contributed by atoms with E-state index in [1.807, 2.05) is 33.0 Å². The molecule has 0 aliphatic carbocycles. The minimum atomic E-state index is -0.396. The van der Waals surface area contributed by atoms with E-state index in [9.17, 15) is 9.59 Å². The number of pyridine rings is 1. The van der Waals surface area contributed by atoms with Crippen molar-refractivity contribution in [1.82, 2.24) is 24.3 Å². The van der Waals surface area contributed by atoms with E-state index in [0.717, 1.165) is 5.52 Å². The number of rotatable bonds is 2. The largest absolute Gasteiger partial charge is 0.328 e. The number of aryl methyl sites for hydroxylation is 1. The topological polar surface area (TPSA) is 85.6 Å². The Morgan fingerprint density at radius 1 is 1.12 bits per heavy atom. The fraction of sp³-hybridized carbons (Fsp3) is 0.222. The molecule has 0 aliphatic rings. The highest BCUT2D eigenvalue weighted by Crippen LogP contribution is 2.19. The van der Waals surface area contributed by atoms with Gasteiger partial charge in [0.15, 0.2) is 11.5 Å². The van der Waals surface area contributed by atoms with Gasteiger partial charge in [-0.1, -0.05) is 26.0 Å². The summed E-state index contributed by atoms with van der Waals surface area (Å²) in [4.78, 5) is 30.9. The van der Waals surface area contributed by atoms with Crippen LogP contribution in [0.4, 0.5) is 0 Å². The lowest BCUT2D eigenvalue weighted by atomic mass is 10.1. The molecular weight excluding hydrogens is 318 g/mol. The van der Waals surface area contributed by atoms with Crippen LogP contribution in [0.15, 0.2) is 46.1 Å². The molecule has 1 N–H and O–H groups in total. The molecule has 0 spiro atoms. The van der Waals surface area contributed by atoms with Crippen LogP contribution in [0.3, 0.4) is 0 Å². The number of benzene rings is 1. The van der Waals surface area contributed by atoms with Crippen molar-refractivity contribution in [1.29, 1.82) is 0 Å². The Kier molecular flexibility index (Phi) is 3.31. The van der Waals surface area contributed by atoms with Crippen LogP contribution in [-0.2, 0) is 7.05 Å². The van der Waals surface area contributed by atoms with Crippen LogP contribution in [-0.4, -0.2) is 24.3 Å². The van der Waals surface area contributed by atoms with Crippen molar-refractivity contribution in [3.8, 4) is 5.82 Å². The van der Waals surface area contributed by atoms with Crippen molar-refractivity contribution in [2.75, 3.05) is 0 Å². The summed E-state index contributed by atoms with van der Waals surface area (Å²) in [6, 6.07) is 8.92. The second kappa shape index (κ2) is 5.41. The van der Waals surface area contributed by atoms with Crippen LogP contribution in [0, 0.1) is 0 Å². The second-order valence-corrected chi connectivity index (χ2v) is 6.30. The molecule has 0 radical (unpaired) electrons. The van der Waals surface area contributed by atoms with Crippen LogP contribution in [0.1, 0.15) is 25.6 Å². The zero-order chi connectivity index (χ0) is 17.7. The van der Waals surface area contributed by atoms with Crippen molar-refractivity contribution in [2.24, 2.45) is 7.05 Å². The number of para-hydroxylation sites is 1. The van der Waals surface area contributed by atoms with Crippen LogP contribution in [0.25, 0.3) is 27.8 Å². The second-order valence-electron chi connectivity index (χ2n) is 6.30. The van der Waals surface area contributed by atoms with E-state index in [1.165, 1.54) is 4.57 Å². The number of H-pyrrole nitrogens is 1. The summed E-state index contributed by atoms with van der Waals surface area (Å²) in [6.07, 6.45) is 1.63. The molecule has 3 aromatic heterocycles. The molecule has 0 saturated carbocycles.